The van der Waals surface area contributed by atoms with Crippen molar-refractivity contribution in [3.63, 3.8) is 0 Å². The van der Waals surface area contributed by atoms with Gasteiger partial charge in [0.25, 0.3) is 0 Å². The minimum Gasteiger partial charge on any atom is -0.363 e. The van der Waals surface area contributed by atoms with Gasteiger partial charge in [-0.25, -0.2) is 15.0 Å². The SMILES string of the molecule is Cc1ncc(CN2CCC[C@H]2c2ccnc(N(C)C)c2)cn1. The first-order chi connectivity index (χ1) is 10.6. The van der Waals surface area contributed by atoms with Gasteiger partial charge in [0.05, 0.1) is 0 Å². The largest absolute Gasteiger partial charge is 0.363 e. The van der Waals surface area contributed by atoms with Crippen LogP contribution in [0, 0.1) is 6.92 Å². The Balaban J connectivity index is 1.78. The Morgan fingerprint density at radius 2 is 2.00 bits per heavy atom. The molecule has 1 atom stereocenters. The number of anilines is 1. The summed E-state index contributed by atoms with van der Waals surface area (Å²) in [6, 6.07) is 4.80. The van der Waals surface area contributed by atoms with E-state index in [1.165, 1.54) is 24.0 Å². The van der Waals surface area contributed by atoms with Gasteiger partial charge < -0.3 is 4.90 Å². The summed E-state index contributed by atoms with van der Waals surface area (Å²) in [5, 5.41) is 0. The summed E-state index contributed by atoms with van der Waals surface area (Å²) in [5.41, 5.74) is 2.53. The predicted octanol–water partition coefficient (Wildman–Crippen LogP) is 2.58. The normalized spacial score (nSPS) is 18.6. The number of likely N-dealkylation sites (tertiary alicyclic amines) is 1. The first-order valence-corrected chi connectivity index (χ1v) is 7.78. The van der Waals surface area contributed by atoms with Gasteiger partial charge in [0.1, 0.15) is 11.6 Å². The van der Waals surface area contributed by atoms with Crippen LogP contribution in [0.4, 0.5) is 5.82 Å². The van der Waals surface area contributed by atoms with Crippen molar-refractivity contribution in [3.05, 3.63) is 47.7 Å². The second-order valence-electron chi connectivity index (χ2n) is 6.11. The smallest absolute Gasteiger partial charge is 0.128 e. The number of pyridine rings is 1. The van der Waals surface area contributed by atoms with Gasteiger partial charge in [-0.1, -0.05) is 0 Å². The molecule has 22 heavy (non-hydrogen) atoms. The van der Waals surface area contributed by atoms with Crippen molar-refractivity contribution in [1.82, 2.24) is 19.9 Å². The molecule has 2 aromatic rings. The van der Waals surface area contributed by atoms with E-state index in [-0.39, 0.29) is 0 Å². The number of aryl methyl sites for hydroxylation is 1. The second kappa shape index (κ2) is 6.40. The Morgan fingerprint density at radius 1 is 1.23 bits per heavy atom. The van der Waals surface area contributed by atoms with Gasteiger partial charge in [0, 0.05) is 50.8 Å². The number of nitrogens with zero attached hydrogens (tertiary/aromatic N) is 5. The summed E-state index contributed by atoms with van der Waals surface area (Å²) in [6.45, 7) is 3.95. The molecular weight excluding hydrogens is 274 g/mol. The first-order valence-electron chi connectivity index (χ1n) is 7.78. The molecule has 1 aliphatic heterocycles. The zero-order valence-electron chi connectivity index (χ0n) is 13.5. The topological polar surface area (TPSA) is 45.2 Å². The molecule has 1 fully saturated rings. The van der Waals surface area contributed by atoms with Crippen LogP contribution in [0.5, 0.6) is 0 Å². The molecule has 3 rings (SSSR count). The van der Waals surface area contributed by atoms with Crippen LogP contribution >= 0.6 is 0 Å². The lowest BCUT2D eigenvalue weighted by atomic mass is 10.1. The van der Waals surface area contributed by atoms with Crippen LogP contribution in [0.3, 0.4) is 0 Å². The highest BCUT2D eigenvalue weighted by atomic mass is 15.2. The summed E-state index contributed by atoms with van der Waals surface area (Å²) in [5.74, 6) is 1.84. The van der Waals surface area contributed by atoms with Crippen LogP contribution in [0.2, 0.25) is 0 Å². The van der Waals surface area contributed by atoms with Crippen molar-refractivity contribution in [1.29, 1.82) is 0 Å². The number of rotatable bonds is 4. The molecule has 0 bridgehead atoms. The maximum Gasteiger partial charge on any atom is 0.128 e. The van der Waals surface area contributed by atoms with Crippen LogP contribution in [0.1, 0.15) is 35.8 Å². The first kappa shape index (κ1) is 14.9. The van der Waals surface area contributed by atoms with Gasteiger partial charge in [0.2, 0.25) is 0 Å². The summed E-state index contributed by atoms with van der Waals surface area (Å²) in [6.07, 6.45) is 8.22. The highest BCUT2D eigenvalue weighted by Gasteiger charge is 2.26. The molecule has 116 valence electrons. The average Bonchev–Trinajstić information content (AvgIpc) is 2.98. The monoisotopic (exact) mass is 297 g/mol. The lowest BCUT2D eigenvalue weighted by Gasteiger charge is -2.25. The van der Waals surface area contributed by atoms with Crippen molar-refractivity contribution in [2.24, 2.45) is 0 Å². The van der Waals surface area contributed by atoms with Gasteiger partial charge in [-0.3, -0.25) is 4.90 Å². The lowest BCUT2D eigenvalue weighted by molar-refractivity contribution is 0.248. The van der Waals surface area contributed by atoms with E-state index in [0.717, 1.165) is 24.7 Å². The van der Waals surface area contributed by atoms with E-state index in [2.05, 4.69) is 36.9 Å². The third kappa shape index (κ3) is 3.25. The standard InChI is InChI=1S/C17H23N5/c1-13-19-10-14(11-20-13)12-22-8-4-5-16(22)15-6-7-18-17(9-15)21(2)3/h6-7,9-11,16H,4-5,8,12H2,1-3H3/t16-/m0/s1. The molecule has 0 aromatic carbocycles. The van der Waals surface area contributed by atoms with Gasteiger partial charge in [-0.05, 0) is 44.0 Å². The van der Waals surface area contributed by atoms with Crippen molar-refractivity contribution in [3.8, 4) is 0 Å². The van der Waals surface area contributed by atoms with E-state index in [4.69, 9.17) is 0 Å². The van der Waals surface area contributed by atoms with Gasteiger partial charge in [-0.2, -0.15) is 0 Å². The quantitative estimate of drug-likeness (QED) is 0.868. The molecule has 0 spiro atoms. The Morgan fingerprint density at radius 3 is 2.73 bits per heavy atom. The fraction of sp³-hybridized carbons (Fsp3) is 0.471. The maximum absolute atomic E-state index is 4.42. The molecule has 0 N–H and O–H groups in total. The Hall–Kier alpha value is -2.01. The summed E-state index contributed by atoms with van der Waals surface area (Å²) in [4.78, 5) is 17.6. The molecule has 0 radical (unpaired) electrons. The van der Waals surface area contributed by atoms with Gasteiger partial charge in [-0.15, -0.1) is 0 Å². The Kier molecular flexibility index (Phi) is 4.34. The molecule has 1 saturated heterocycles. The lowest BCUT2D eigenvalue weighted by Crippen LogP contribution is -2.23. The molecule has 0 amide bonds. The minimum absolute atomic E-state index is 0.461. The maximum atomic E-state index is 4.42. The van der Waals surface area contributed by atoms with E-state index in [1.54, 1.807) is 0 Å². The number of hydrogen-bond donors (Lipinski definition) is 0. The second-order valence-corrected chi connectivity index (χ2v) is 6.11. The highest BCUT2D eigenvalue weighted by Crippen LogP contribution is 2.33. The molecule has 5 heteroatoms. The molecule has 1 aliphatic rings. The zero-order valence-corrected chi connectivity index (χ0v) is 13.5. The molecule has 3 heterocycles. The van der Waals surface area contributed by atoms with E-state index in [0.29, 0.717) is 6.04 Å². The molecule has 5 nitrogen and oxygen atoms in total. The molecular formula is C17H23N5. The van der Waals surface area contributed by atoms with Crippen molar-refractivity contribution in [2.75, 3.05) is 25.5 Å². The molecule has 0 aliphatic carbocycles. The number of hydrogen-bond acceptors (Lipinski definition) is 5. The molecule has 0 saturated carbocycles. The van der Waals surface area contributed by atoms with E-state index in [1.807, 2.05) is 39.6 Å². The van der Waals surface area contributed by atoms with Crippen molar-refractivity contribution in [2.45, 2.75) is 32.4 Å². The fourth-order valence-corrected chi connectivity index (χ4v) is 3.01. The number of aromatic nitrogens is 3. The third-order valence-corrected chi connectivity index (χ3v) is 4.20. The Bertz CT molecular complexity index is 623. The average molecular weight is 297 g/mol. The van der Waals surface area contributed by atoms with E-state index >= 15 is 0 Å². The fourth-order valence-electron chi connectivity index (χ4n) is 3.01. The Labute approximate surface area is 132 Å². The zero-order chi connectivity index (χ0) is 15.5. The predicted molar refractivity (Wildman–Crippen MR) is 87.7 cm³/mol. The summed E-state index contributed by atoms with van der Waals surface area (Å²) < 4.78 is 0. The van der Waals surface area contributed by atoms with Crippen LogP contribution in [0.25, 0.3) is 0 Å². The van der Waals surface area contributed by atoms with E-state index in [9.17, 15) is 0 Å². The summed E-state index contributed by atoms with van der Waals surface area (Å²) in [7, 11) is 4.06. The van der Waals surface area contributed by atoms with Crippen LogP contribution < -0.4 is 4.90 Å². The van der Waals surface area contributed by atoms with Crippen LogP contribution in [-0.4, -0.2) is 40.5 Å². The van der Waals surface area contributed by atoms with Crippen LogP contribution in [0.15, 0.2) is 30.7 Å². The van der Waals surface area contributed by atoms with Crippen molar-refractivity contribution < 1.29 is 0 Å². The summed E-state index contributed by atoms with van der Waals surface area (Å²) >= 11 is 0. The molecule has 0 unspecified atom stereocenters. The van der Waals surface area contributed by atoms with Crippen LogP contribution in [-0.2, 0) is 6.54 Å². The van der Waals surface area contributed by atoms with E-state index < -0.39 is 0 Å². The third-order valence-electron chi connectivity index (χ3n) is 4.20. The van der Waals surface area contributed by atoms with Gasteiger partial charge in [0.15, 0.2) is 0 Å². The van der Waals surface area contributed by atoms with Gasteiger partial charge >= 0.3 is 0 Å². The molecule has 2 aromatic heterocycles. The van der Waals surface area contributed by atoms with Crippen molar-refractivity contribution >= 4 is 5.82 Å². The minimum atomic E-state index is 0.461. The highest BCUT2D eigenvalue weighted by molar-refractivity contribution is 5.40.